The Balaban J connectivity index is 2.42. The van der Waals surface area contributed by atoms with Crippen LogP contribution in [0.2, 0.25) is 5.22 Å². The molecule has 1 aliphatic rings. The third-order valence-corrected chi connectivity index (χ3v) is 2.12. The lowest BCUT2D eigenvalue weighted by atomic mass is 10.1. The van der Waals surface area contributed by atoms with Crippen LogP contribution in [-0.4, -0.2) is 5.16 Å². The summed E-state index contributed by atoms with van der Waals surface area (Å²) in [4.78, 5) is 0. The Morgan fingerprint density at radius 1 is 1.70 bits per heavy atom. The summed E-state index contributed by atoms with van der Waals surface area (Å²) < 4.78 is 4.67. The summed E-state index contributed by atoms with van der Waals surface area (Å²) in [5.74, 6) is 0. The van der Waals surface area contributed by atoms with Crippen molar-refractivity contribution in [3.8, 4) is 0 Å². The molecule has 54 valence electrons. The summed E-state index contributed by atoms with van der Waals surface area (Å²) in [6.45, 7) is 0. The Labute approximate surface area is 63.1 Å². The molecular formula is C6H7ClN2O. The summed E-state index contributed by atoms with van der Waals surface area (Å²) in [6.07, 6.45) is 3.55. The molecule has 0 amide bonds. The van der Waals surface area contributed by atoms with Crippen molar-refractivity contribution in [1.82, 2.24) is 5.16 Å². The highest BCUT2D eigenvalue weighted by Crippen LogP contribution is 2.45. The van der Waals surface area contributed by atoms with E-state index in [1.165, 1.54) is 0 Å². The molecule has 0 spiro atoms. The molecule has 0 saturated heterocycles. The molecule has 0 bridgehead atoms. The van der Waals surface area contributed by atoms with E-state index in [1.807, 2.05) is 0 Å². The molecule has 1 aliphatic carbocycles. The molecule has 10 heavy (non-hydrogen) atoms. The minimum absolute atomic E-state index is 0.225. The van der Waals surface area contributed by atoms with Gasteiger partial charge in [0.05, 0.1) is 11.8 Å². The Morgan fingerprint density at radius 2 is 2.40 bits per heavy atom. The molecule has 1 heterocycles. The average molecular weight is 159 g/mol. The van der Waals surface area contributed by atoms with E-state index in [9.17, 15) is 0 Å². The second-order valence-electron chi connectivity index (χ2n) is 2.67. The first-order valence-corrected chi connectivity index (χ1v) is 3.50. The van der Waals surface area contributed by atoms with Crippen LogP contribution in [0.4, 0.5) is 0 Å². The zero-order chi connectivity index (χ0) is 7.19. The number of rotatable bonds is 1. The van der Waals surface area contributed by atoms with Gasteiger partial charge in [-0.1, -0.05) is 5.16 Å². The third kappa shape index (κ3) is 0.744. The SMILES string of the molecule is NC1(c2cnoc2Cl)CC1. The van der Waals surface area contributed by atoms with E-state index in [4.69, 9.17) is 17.3 Å². The number of nitrogens with two attached hydrogens (primary N) is 1. The van der Waals surface area contributed by atoms with Crippen LogP contribution < -0.4 is 5.73 Å². The van der Waals surface area contributed by atoms with Crippen molar-refractivity contribution in [2.75, 3.05) is 0 Å². The van der Waals surface area contributed by atoms with Gasteiger partial charge in [0.2, 0.25) is 5.22 Å². The Kier molecular flexibility index (Phi) is 1.08. The van der Waals surface area contributed by atoms with Gasteiger partial charge in [-0.3, -0.25) is 0 Å². The fraction of sp³-hybridized carbons (Fsp3) is 0.500. The van der Waals surface area contributed by atoms with Gasteiger partial charge in [0.15, 0.2) is 0 Å². The van der Waals surface area contributed by atoms with E-state index >= 15 is 0 Å². The van der Waals surface area contributed by atoms with Crippen molar-refractivity contribution in [3.63, 3.8) is 0 Å². The van der Waals surface area contributed by atoms with Crippen LogP contribution in [-0.2, 0) is 5.54 Å². The molecule has 4 heteroatoms. The normalized spacial score (nSPS) is 21.0. The minimum atomic E-state index is -0.225. The number of halogens is 1. The van der Waals surface area contributed by atoms with Gasteiger partial charge in [-0.2, -0.15) is 0 Å². The van der Waals surface area contributed by atoms with Crippen LogP contribution in [0.5, 0.6) is 0 Å². The monoisotopic (exact) mass is 158 g/mol. The molecule has 1 aromatic rings. The predicted octanol–water partition coefficient (Wildman–Crippen LogP) is 1.28. The molecular weight excluding hydrogens is 152 g/mol. The van der Waals surface area contributed by atoms with Crippen molar-refractivity contribution in [1.29, 1.82) is 0 Å². The number of hydrogen-bond donors (Lipinski definition) is 1. The smallest absolute Gasteiger partial charge is 0.231 e. The van der Waals surface area contributed by atoms with Gasteiger partial charge in [0.1, 0.15) is 0 Å². The van der Waals surface area contributed by atoms with E-state index in [0.717, 1.165) is 18.4 Å². The maximum Gasteiger partial charge on any atom is 0.231 e. The molecule has 1 fully saturated rings. The third-order valence-electron chi connectivity index (χ3n) is 1.85. The lowest BCUT2D eigenvalue weighted by molar-refractivity contribution is 0.420. The van der Waals surface area contributed by atoms with E-state index in [2.05, 4.69) is 9.68 Å². The Morgan fingerprint density at radius 3 is 2.80 bits per heavy atom. The van der Waals surface area contributed by atoms with Gasteiger partial charge in [-0.05, 0) is 24.4 Å². The van der Waals surface area contributed by atoms with Crippen LogP contribution in [0, 0.1) is 0 Å². The number of hydrogen-bond acceptors (Lipinski definition) is 3. The second-order valence-corrected chi connectivity index (χ2v) is 3.01. The van der Waals surface area contributed by atoms with E-state index < -0.39 is 0 Å². The summed E-state index contributed by atoms with van der Waals surface area (Å²) in [5, 5.41) is 3.87. The highest BCUT2D eigenvalue weighted by molar-refractivity contribution is 6.29. The van der Waals surface area contributed by atoms with Crippen LogP contribution in [0.25, 0.3) is 0 Å². The van der Waals surface area contributed by atoms with Crippen molar-refractivity contribution in [3.05, 3.63) is 17.0 Å². The topological polar surface area (TPSA) is 52.0 Å². The summed E-state index contributed by atoms with van der Waals surface area (Å²) >= 11 is 5.66. The average Bonchev–Trinajstić information content (AvgIpc) is 2.44. The lowest BCUT2D eigenvalue weighted by Crippen LogP contribution is -2.17. The maximum atomic E-state index is 5.83. The molecule has 0 aliphatic heterocycles. The fourth-order valence-corrected chi connectivity index (χ4v) is 1.23. The minimum Gasteiger partial charge on any atom is -0.344 e. The largest absolute Gasteiger partial charge is 0.344 e. The predicted molar refractivity (Wildman–Crippen MR) is 36.6 cm³/mol. The number of aromatic nitrogens is 1. The molecule has 2 rings (SSSR count). The first-order valence-electron chi connectivity index (χ1n) is 3.12. The Bertz CT molecular complexity index is 254. The molecule has 2 N–H and O–H groups in total. The Hall–Kier alpha value is -0.540. The number of nitrogens with zero attached hydrogens (tertiary/aromatic N) is 1. The quantitative estimate of drug-likeness (QED) is 0.670. The summed E-state index contributed by atoms with van der Waals surface area (Å²) in [7, 11) is 0. The van der Waals surface area contributed by atoms with Crippen LogP contribution >= 0.6 is 11.6 Å². The maximum absolute atomic E-state index is 5.83. The van der Waals surface area contributed by atoms with E-state index in [0.29, 0.717) is 5.22 Å². The highest BCUT2D eigenvalue weighted by atomic mass is 35.5. The molecule has 0 radical (unpaired) electrons. The van der Waals surface area contributed by atoms with Gasteiger partial charge in [-0.25, -0.2) is 0 Å². The molecule has 0 atom stereocenters. The summed E-state index contributed by atoms with van der Waals surface area (Å²) in [5.41, 5.74) is 6.45. The zero-order valence-electron chi connectivity index (χ0n) is 5.30. The van der Waals surface area contributed by atoms with Crippen molar-refractivity contribution in [2.24, 2.45) is 5.73 Å². The molecule has 1 aromatic heterocycles. The second kappa shape index (κ2) is 1.74. The van der Waals surface area contributed by atoms with E-state index in [-0.39, 0.29) is 5.54 Å². The van der Waals surface area contributed by atoms with Gasteiger partial charge in [-0.15, -0.1) is 0 Å². The van der Waals surface area contributed by atoms with Crippen molar-refractivity contribution < 1.29 is 4.52 Å². The molecule has 1 saturated carbocycles. The highest BCUT2D eigenvalue weighted by Gasteiger charge is 2.43. The first-order chi connectivity index (χ1) is 4.72. The van der Waals surface area contributed by atoms with Crippen molar-refractivity contribution in [2.45, 2.75) is 18.4 Å². The molecule has 3 nitrogen and oxygen atoms in total. The molecule has 0 aromatic carbocycles. The van der Waals surface area contributed by atoms with Crippen molar-refractivity contribution >= 4 is 11.6 Å². The first kappa shape index (κ1) is 6.19. The fourth-order valence-electron chi connectivity index (χ4n) is 0.954. The molecule has 0 unspecified atom stereocenters. The lowest BCUT2D eigenvalue weighted by Gasteiger charge is -2.01. The van der Waals surface area contributed by atoms with Crippen LogP contribution in [0.3, 0.4) is 0 Å². The van der Waals surface area contributed by atoms with Gasteiger partial charge >= 0.3 is 0 Å². The van der Waals surface area contributed by atoms with Gasteiger partial charge in [0.25, 0.3) is 0 Å². The van der Waals surface area contributed by atoms with Crippen LogP contribution in [0.1, 0.15) is 18.4 Å². The summed E-state index contributed by atoms with van der Waals surface area (Å²) in [6, 6.07) is 0. The van der Waals surface area contributed by atoms with Gasteiger partial charge in [0, 0.05) is 5.54 Å². The van der Waals surface area contributed by atoms with Crippen LogP contribution in [0.15, 0.2) is 10.7 Å². The zero-order valence-corrected chi connectivity index (χ0v) is 6.06. The van der Waals surface area contributed by atoms with Gasteiger partial charge < -0.3 is 10.3 Å². The van der Waals surface area contributed by atoms with E-state index in [1.54, 1.807) is 6.20 Å². The standard InChI is InChI=1S/C6H7ClN2O/c7-5-4(3-9-10-5)6(8)1-2-6/h3H,1-2,8H2.